The van der Waals surface area contributed by atoms with E-state index in [-0.39, 0.29) is 57.4 Å². The van der Waals surface area contributed by atoms with Crippen LogP contribution in [0.3, 0.4) is 0 Å². The minimum absolute atomic E-state index is 0.0817. The predicted molar refractivity (Wildman–Crippen MR) is 180 cm³/mol. The van der Waals surface area contributed by atoms with Crippen LogP contribution in [0.15, 0.2) is 91.0 Å². The van der Waals surface area contributed by atoms with Crippen molar-refractivity contribution in [3.8, 4) is 0 Å². The molecule has 11 heteroatoms. The molecule has 11 nitrogen and oxygen atoms in total. The molecule has 3 aromatic rings. The highest BCUT2D eigenvalue weighted by Crippen LogP contribution is 2.05. The van der Waals surface area contributed by atoms with E-state index in [0.717, 1.165) is 16.7 Å². The van der Waals surface area contributed by atoms with Gasteiger partial charge < -0.3 is 23.7 Å². The zero-order chi connectivity index (χ0) is 33.7. The Morgan fingerprint density at radius 1 is 0.438 bits per heavy atom. The summed E-state index contributed by atoms with van der Waals surface area (Å²) in [6.07, 6.45) is 0. The quantitative estimate of drug-likeness (QED) is 0.211. The molecule has 0 N–H and O–H groups in total. The maximum atomic E-state index is 12.8. The minimum atomic E-state index is -0.339. The Labute approximate surface area is 283 Å². The van der Waals surface area contributed by atoms with Crippen molar-refractivity contribution in [2.24, 2.45) is 0 Å². The Kier molecular flexibility index (Phi) is 16.6. The molecule has 1 aliphatic rings. The van der Waals surface area contributed by atoms with Gasteiger partial charge in [0.2, 0.25) is 0 Å². The number of rotatable bonds is 12. The van der Waals surface area contributed by atoms with E-state index in [2.05, 4.69) is 0 Å². The van der Waals surface area contributed by atoms with E-state index in [0.29, 0.717) is 65.7 Å². The first kappa shape index (κ1) is 36.7. The maximum absolute atomic E-state index is 12.8. The lowest BCUT2D eigenvalue weighted by Crippen LogP contribution is -2.42. The third-order valence-corrected chi connectivity index (χ3v) is 7.73. The van der Waals surface area contributed by atoms with Gasteiger partial charge in [-0.3, -0.25) is 29.1 Å². The van der Waals surface area contributed by atoms with Crippen LogP contribution in [0.5, 0.6) is 0 Å². The number of carbonyl (C=O) groups excluding carboxylic acids is 3. The van der Waals surface area contributed by atoms with Crippen molar-refractivity contribution in [1.29, 1.82) is 0 Å². The zero-order valence-corrected chi connectivity index (χ0v) is 27.6. The summed E-state index contributed by atoms with van der Waals surface area (Å²) < 4.78 is 28.5. The van der Waals surface area contributed by atoms with Crippen molar-refractivity contribution in [2.45, 2.75) is 19.8 Å². The summed E-state index contributed by atoms with van der Waals surface area (Å²) in [6, 6.07) is 28.7. The molecule has 0 saturated carbocycles. The number of hydrogen-bond donors (Lipinski definition) is 0. The highest BCUT2D eigenvalue weighted by atomic mass is 16.5. The van der Waals surface area contributed by atoms with E-state index in [1.165, 1.54) is 0 Å². The summed E-state index contributed by atoms with van der Waals surface area (Å²) in [6.45, 7) is 5.48. The van der Waals surface area contributed by atoms with Crippen molar-refractivity contribution in [3.63, 3.8) is 0 Å². The van der Waals surface area contributed by atoms with E-state index < -0.39 is 0 Å². The average molecular weight is 662 g/mol. The first-order chi connectivity index (χ1) is 23.5. The van der Waals surface area contributed by atoms with Gasteiger partial charge in [0.25, 0.3) is 0 Å². The molecule has 1 saturated heterocycles. The molecule has 0 spiro atoms. The molecular weight excluding hydrogens is 614 g/mol. The lowest BCUT2D eigenvalue weighted by molar-refractivity contribution is -0.148. The summed E-state index contributed by atoms with van der Waals surface area (Å²) in [5.74, 6) is -1.000. The number of esters is 3. The SMILES string of the molecule is O=C(CN1CCOCCN(CC(=O)OCc2ccccc2)CCN(CC(=O)OCc2ccccc2)CCOCC1)OCc1ccccc1. The molecule has 0 unspecified atom stereocenters. The predicted octanol–water partition coefficient (Wildman–Crippen LogP) is 3.17. The van der Waals surface area contributed by atoms with Gasteiger partial charge in [0.1, 0.15) is 19.8 Å². The molecule has 1 heterocycles. The Hall–Kier alpha value is -4.13. The topological polar surface area (TPSA) is 107 Å². The van der Waals surface area contributed by atoms with Gasteiger partial charge in [0.15, 0.2) is 0 Å². The third-order valence-electron chi connectivity index (χ3n) is 7.73. The Morgan fingerprint density at radius 2 is 0.708 bits per heavy atom. The van der Waals surface area contributed by atoms with Gasteiger partial charge in [-0.2, -0.15) is 0 Å². The standard InChI is InChI=1S/C37H47N3O8/c41-35(46-29-32-10-4-1-5-11-32)26-38-16-17-39(27-36(42)47-30-33-12-6-2-7-13-33)19-23-45-25-21-40(20-24-44-22-18-38)28-37(43)48-31-34-14-8-3-9-15-34/h1-15H,16-31H2. The van der Waals surface area contributed by atoms with E-state index in [9.17, 15) is 14.4 Å². The molecular formula is C37H47N3O8. The molecule has 4 rings (SSSR count). The monoisotopic (exact) mass is 661 g/mol. The molecule has 3 aromatic carbocycles. The number of ether oxygens (including phenoxy) is 5. The summed E-state index contributed by atoms with van der Waals surface area (Å²) in [5.41, 5.74) is 2.76. The van der Waals surface area contributed by atoms with Crippen LogP contribution in [0.25, 0.3) is 0 Å². The van der Waals surface area contributed by atoms with Crippen LogP contribution >= 0.6 is 0 Å². The second-order valence-electron chi connectivity index (χ2n) is 11.5. The summed E-state index contributed by atoms with van der Waals surface area (Å²) in [4.78, 5) is 44.1. The lowest BCUT2D eigenvalue weighted by atomic mass is 10.2. The van der Waals surface area contributed by atoms with Crippen molar-refractivity contribution < 1.29 is 38.1 Å². The molecule has 0 radical (unpaired) electrons. The molecule has 48 heavy (non-hydrogen) atoms. The Bertz CT molecular complexity index is 1270. The van der Waals surface area contributed by atoms with Crippen LogP contribution in [0, 0.1) is 0 Å². The van der Waals surface area contributed by atoms with Crippen molar-refractivity contribution in [1.82, 2.24) is 14.7 Å². The normalized spacial score (nSPS) is 16.2. The Morgan fingerprint density at radius 3 is 1.00 bits per heavy atom. The van der Waals surface area contributed by atoms with Crippen LogP contribution in [0.4, 0.5) is 0 Å². The second kappa shape index (κ2) is 21.7. The van der Waals surface area contributed by atoms with Gasteiger partial charge in [-0.05, 0) is 16.7 Å². The molecule has 0 aliphatic carbocycles. The zero-order valence-electron chi connectivity index (χ0n) is 27.6. The van der Waals surface area contributed by atoms with Gasteiger partial charge in [-0.1, -0.05) is 91.0 Å². The third kappa shape index (κ3) is 15.2. The second-order valence-corrected chi connectivity index (χ2v) is 11.5. The first-order valence-electron chi connectivity index (χ1n) is 16.4. The van der Waals surface area contributed by atoms with Crippen LogP contribution < -0.4 is 0 Å². The minimum Gasteiger partial charge on any atom is -0.460 e. The van der Waals surface area contributed by atoms with E-state index in [4.69, 9.17) is 23.7 Å². The fourth-order valence-corrected chi connectivity index (χ4v) is 4.97. The van der Waals surface area contributed by atoms with E-state index >= 15 is 0 Å². The van der Waals surface area contributed by atoms with Crippen LogP contribution in [0.1, 0.15) is 16.7 Å². The van der Waals surface area contributed by atoms with E-state index in [1.54, 1.807) is 0 Å². The number of nitrogens with zero attached hydrogens (tertiary/aromatic N) is 3. The van der Waals surface area contributed by atoms with Crippen LogP contribution in [-0.4, -0.2) is 118 Å². The maximum Gasteiger partial charge on any atom is 0.320 e. The van der Waals surface area contributed by atoms with Crippen LogP contribution in [-0.2, 0) is 57.9 Å². The van der Waals surface area contributed by atoms with Gasteiger partial charge >= 0.3 is 17.9 Å². The van der Waals surface area contributed by atoms with Crippen molar-refractivity contribution >= 4 is 17.9 Å². The van der Waals surface area contributed by atoms with Crippen LogP contribution in [0.2, 0.25) is 0 Å². The molecule has 0 atom stereocenters. The van der Waals surface area contributed by atoms with Gasteiger partial charge in [-0.25, -0.2) is 0 Å². The lowest BCUT2D eigenvalue weighted by Gasteiger charge is -2.26. The van der Waals surface area contributed by atoms with E-state index in [1.807, 2.05) is 106 Å². The molecule has 0 amide bonds. The molecule has 0 aromatic heterocycles. The smallest absolute Gasteiger partial charge is 0.320 e. The number of benzene rings is 3. The summed E-state index contributed by atoms with van der Waals surface area (Å²) in [7, 11) is 0. The fourth-order valence-electron chi connectivity index (χ4n) is 4.97. The molecule has 0 bridgehead atoms. The largest absolute Gasteiger partial charge is 0.460 e. The number of hydrogen-bond acceptors (Lipinski definition) is 11. The van der Waals surface area contributed by atoms with Crippen molar-refractivity contribution in [3.05, 3.63) is 108 Å². The number of carbonyl (C=O) groups is 3. The molecule has 258 valence electrons. The van der Waals surface area contributed by atoms with Gasteiger partial charge in [-0.15, -0.1) is 0 Å². The molecule has 1 fully saturated rings. The first-order valence-corrected chi connectivity index (χ1v) is 16.4. The summed E-state index contributed by atoms with van der Waals surface area (Å²) >= 11 is 0. The average Bonchev–Trinajstić information content (AvgIpc) is 3.12. The highest BCUT2D eigenvalue weighted by Gasteiger charge is 2.18. The van der Waals surface area contributed by atoms with Gasteiger partial charge in [0, 0.05) is 39.3 Å². The highest BCUT2D eigenvalue weighted by molar-refractivity contribution is 5.72. The van der Waals surface area contributed by atoms with Crippen molar-refractivity contribution in [2.75, 3.05) is 85.3 Å². The molecule has 1 aliphatic heterocycles. The Balaban J connectivity index is 1.32. The fraction of sp³-hybridized carbons (Fsp3) is 0.432. The summed E-state index contributed by atoms with van der Waals surface area (Å²) in [5, 5.41) is 0. The van der Waals surface area contributed by atoms with Gasteiger partial charge in [0.05, 0.1) is 46.1 Å².